The van der Waals surface area contributed by atoms with Gasteiger partial charge in [0.2, 0.25) is 0 Å². The number of benzene rings is 3. The molecule has 0 radical (unpaired) electrons. The summed E-state index contributed by atoms with van der Waals surface area (Å²) in [5, 5.41) is 3.32. The molecule has 0 aromatic heterocycles. The average Bonchev–Trinajstić information content (AvgIpc) is 2.65. The highest BCUT2D eigenvalue weighted by molar-refractivity contribution is 9.10. The maximum Gasteiger partial charge on any atom is 0.261 e. The van der Waals surface area contributed by atoms with Crippen LogP contribution in [-0.2, 0) is 10.0 Å². The molecular weight excluding hydrogens is 464 g/mol. The smallest absolute Gasteiger partial charge is 0.261 e. The summed E-state index contributed by atoms with van der Waals surface area (Å²) in [6.45, 7) is 1.73. The van der Waals surface area contributed by atoms with E-state index < -0.39 is 10.0 Å². The standard InChI is InChI=1S/C20H16BrClN2O3S/c1-13-12-16(28(26,27)24-19-5-3-2-4-17(19)21)10-11-18(13)23-20(25)14-6-8-15(22)9-7-14/h2-12,24H,1H3,(H,23,25). The van der Waals surface area contributed by atoms with Crippen LogP contribution in [0.3, 0.4) is 0 Å². The van der Waals surface area contributed by atoms with Crippen LogP contribution in [0, 0.1) is 6.92 Å². The number of sulfonamides is 1. The molecule has 1 amide bonds. The van der Waals surface area contributed by atoms with E-state index in [1.54, 1.807) is 61.5 Å². The van der Waals surface area contributed by atoms with Crippen molar-refractivity contribution >= 4 is 54.8 Å². The summed E-state index contributed by atoms with van der Waals surface area (Å²) in [4.78, 5) is 12.5. The summed E-state index contributed by atoms with van der Waals surface area (Å²) < 4.78 is 28.5. The molecule has 0 aliphatic heterocycles. The Morgan fingerprint density at radius 2 is 1.64 bits per heavy atom. The zero-order chi connectivity index (χ0) is 20.3. The van der Waals surface area contributed by atoms with E-state index in [0.29, 0.717) is 32.0 Å². The van der Waals surface area contributed by atoms with E-state index in [-0.39, 0.29) is 10.8 Å². The van der Waals surface area contributed by atoms with E-state index in [9.17, 15) is 13.2 Å². The molecule has 0 aliphatic rings. The molecule has 0 unspecified atom stereocenters. The Kier molecular flexibility index (Phi) is 6.07. The van der Waals surface area contributed by atoms with Crippen LogP contribution < -0.4 is 10.0 Å². The molecule has 0 saturated carbocycles. The second kappa shape index (κ2) is 8.34. The molecule has 0 saturated heterocycles. The van der Waals surface area contributed by atoms with Crippen molar-refractivity contribution < 1.29 is 13.2 Å². The van der Waals surface area contributed by atoms with Gasteiger partial charge in [-0.05, 0) is 83.0 Å². The number of carbonyl (C=O) groups is 1. The van der Waals surface area contributed by atoms with Crippen molar-refractivity contribution in [2.24, 2.45) is 0 Å². The van der Waals surface area contributed by atoms with Crippen LogP contribution in [0.25, 0.3) is 0 Å². The molecule has 0 aliphatic carbocycles. The molecular formula is C20H16BrClN2O3S. The second-order valence-corrected chi connectivity index (χ2v) is 9.00. The van der Waals surface area contributed by atoms with Gasteiger partial charge in [-0.2, -0.15) is 0 Å². The van der Waals surface area contributed by atoms with Gasteiger partial charge < -0.3 is 5.32 Å². The van der Waals surface area contributed by atoms with Crippen LogP contribution in [0.5, 0.6) is 0 Å². The fourth-order valence-corrected chi connectivity index (χ4v) is 4.29. The number of rotatable bonds is 5. The van der Waals surface area contributed by atoms with Gasteiger partial charge in [-0.1, -0.05) is 23.7 Å². The summed E-state index contributed by atoms with van der Waals surface area (Å²) in [5.74, 6) is -0.304. The number of halogens is 2. The van der Waals surface area contributed by atoms with Crippen LogP contribution in [0.1, 0.15) is 15.9 Å². The predicted molar refractivity (Wildman–Crippen MR) is 116 cm³/mol. The van der Waals surface area contributed by atoms with Crippen molar-refractivity contribution in [3.63, 3.8) is 0 Å². The summed E-state index contributed by atoms with van der Waals surface area (Å²) in [6.07, 6.45) is 0. The molecule has 0 heterocycles. The molecule has 5 nitrogen and oxygen atoms in total. The van der Waals surface area contributed by atoms with Gasteiger partial charge in [0.1, 0.15) is 0 Å². The summed E-state index contributed by atoms with van der Waals surface area (Å²) in [7, 11) is -3.77. The average molecular weight is 480 g/mol. The molecule has 144 valence electrons. The monoisotopic (exact) mass is 478 g/mol. The molecule has 0 bridgehead atoms. The zero-order valence-corrected chi connectivity index (χ0v) is 17.9. The first-order valence-electron chi connectivity index (χ1n) is 8.21. The Morgan fingerprint density at radius 3 is 2.29 bits per heavy atom. The molecule has 0 fully saturated rings. The fourth-order valence-electron chi connectivity index (χ4n) is 2.49. The number of anilines is 2. The normalized spacial score (nSPS) is 11.1. The second-order valence-electron chi connectivity index (χ2n) is 6.02. The third-order valence-electron chi connectivity index (χ3n) is 3.98. The number of para-hydroxylation sites is 1. The lowest BCUT2D eigenvalue weighted by Gasteiger charge is -2.13. The van der Waals surface area contributed by atoms with Gasteiger partial charge in [0.15, 0.2) is 0 Å². The lowest BCUT2D eigenvalue weighted by Crippen LogP contribution is -2.15. The lowest BCUT2D eigenvalue weighted by atomic mass is 10.1. The van der Waals surface area contributed by atoms with E-state index >= 15 is 0 Å². The van der Waals surface area contributed by atoms with E-state index in [2.05, 4.69) is 26.0 Å². The molecule has 2 N–H and O–H groups in total. The molecule has 8 heteroatoms. The third-order valence-corrected chi connectivity index (χ3v) is 6.29. The number of hydrogen-bond donors (Lipinski definition) is 2. The van der Waals surface area contributed by atoms with Gasteiger partial charge in [0, 0.05) is 20.7 Å². The van der Waals surface area contributed by atoms with E-state index in [1.165, 1.54) is 12.1 Å². The maximum atomic E-state index is 12.7. The molecule has 0 spiro atoms. The van der Waals surface area contributed by atoms with Crippen LogP contribution >= 0.6 is 27.5 Å². The van der Waals surface area contributed by atoms with Crippen molar-refractivity contribution in [3.05, 3.63) is 87.4 Å². The lowest BCUT2D eigenvalue weighted by molar-refractivity contribution is 0.102. The number of amides is 1. The number of hydrogen-bond acceptors (Lipinski definition) is 3. The van der Waals surface area contributed by atoms with Crippen LogP contribution in [0.15, 0.2) is 76.1 Å². The van der Waals surface area contributed by atoms with Crippen LogP contribution in [-0.4, -0.2) is 14.3 Å². The van der Waals surface area contributed by atoms with Gasteiger partial charge in [-0.25, -0.2) is 8.42 Å². The van der Waals surface area contributed by atoms with Crippen molar-refractivity contribution in [2.45, 2.75) is 11.8 Å². The number of carbonyl (C=O) groups excluding carboxylic acids is 1. The first kappa shape index (κ1) is 20.4. The van der Waals surface area contributed by atoms with Crippen molar-refractivity contribution in [1.29, 1.82) is 0 Å². The largest absolute Gasteiger partial charge is 0.322 e. The molecule has 3 aromatic rings. The highest BCUT2D eigenvalue weighted by atomic mass is 79.9. The minimum absolute atomic E-state index is 0.102. The maximum absolute atomic E-state index is 12.7. The Balaban J connectivity index is 1.80. The van der Waals surface area contributed by atoms with E-state index in [0.717, 1.165) is 0 Å². The molecule has 0 atom stereocenters. The highest BCUT2D eigenvalue weighted by Gasteiger charge is 2.17. The zero-order valence-electron chi connectivity index (χ0n) is 14.7. The first-order chi connectivity index (χ1) is 13.3. The summed E-state index contributed by atoms with van der Waals surface area (Å²) in [6, 6.07) is 18.0. The third kappa shape index (κ3) is 4.73. The minimum atomic E-state index is -3.77. The molecule has 3 aromatic carbocycles. The summed E-state index contributed by atoms with van der Waals surface area (Å²) in [5.41, 5.74) is 2.05. The Labute approximate surface area is 176 Å². The fraction of sp³-hybridized carbons (Fsp3) is 0.0500. The van der Waals surface area contributed by atoms with Crippen molar-refractivity contribution in [3.8, 4) is 0 Å². The van der Waals surface area contributed by atoms with Gasteiger partial charge in [0.05, 0.1) is 10.6 Å². The van der Waals surface area contributed by atoms with Gasteiger partial charge in [-0.3, -0.25) is 9.52 Å². The Hall–Kier alpha value is -2.35. The molecule has 28 heavy (non-hydrogen) atoms. The van der Waals surface area contributed by atoms with Crippen LogP contribution in [0.4, 0.5) is 11.4 Å². The highest BCUT2D eigenvalue weighted by Crippen LogP contribution is 2.26. The quantitative estimate of drug-likeness (QED) is 0.510. The summed E-state index contributed by atoms with van der Waals surface area (Å²) >= 11 is 9.15. The minimum Gasteiger partial charge on any atom is -0.322 e. The number of nitrogens with one attached hydrogen (secondary N) is 2. The first-order valence-corrected chi connectivity index (χ1v) is 10.9. The van der Waals surface area contributed by atoms with Crippen LogP contribution in [0.2, 0.25) is 5.02 Å². The Bertz CT molecular complexity index is 1130. The van der Waals surface area contributed by atoms with Gasteiger partial charge >= 0.3 is 0 Å². The van der Waals surface area contributed by atoms with Crippen molar-refractivity contribution in [1.82, 2.24) is 0 Å². The molecule has 3 rings (SSSR count). The number of aryl methyl sites for hydroxylation is 1. The van der Waals surface area contributed by atoms with Gasteiger partial charge in [0.25, 0.3) is 15.9 Å². The van der Waals surface area contributed by atoms with E-state index in [1.807, 2.05) is 0 Å². The predicted octanol–water partition coefficient (Wildman–Crippen LogP) is 5.46. The van der Waals surface area contributed by atoms with Crippen molar-refractivity contribution in [2.75, 3.05) is 10.0 Å². The topological polar surface area (TPSA) is 75.3 Å². The SMILES string of the molecule is Cc1cc(S(=O)(=O)Nc2ccccc2Br)ccc1NC(=O)c1ccc(Cl)cc1. The van der Waals surface area contributed by atoms with E-state index in [4.69, 9.17) is 11.6 Å². The van der Waals surface area contributed by atoms with Gasteiger partial charge in [-0.15, -0.1) is 0 Å². The Morgan fingerprint density at radius 1 is 0.964 bits per heavy atom.